The zero-order chi connectivity index (χ0) is 31.8. The van der Waals surface area contributed by atoms with Gasteiger partial charge in [0.2, 0.25) is 0 Å². The molecule has 0 radical (unpaired) electrons. The first-order chi connectivity index (χ1) is 21.9. The van der Waals surface area contributed by atoms with E-state index in [1.165, 1.54) is 6.07 Å². The summed E-state index contributed by atoms with van der Waals surface area (Å²) < 4.78 is 26.4. The van der Waals surface area contributed by atoms with Crippen molar-refractivity contribution in [2.45, 2.75) is 69.4 Å². The summed E-state index contributed by atoms with van der Waals surface area (Å²) in [5, 5.41) is 11.4. The lowest BCUT2D eigenvalue weighted by atomic mass is 9.94. The molecule has 1 N–H and O–H groups in total. The predicted octanol–water partition coefficient (Wildman–Crippen LogP) is 6.17. The zero-order valence-corrected chi connectivity index (χ0v) is 27.0. The van der Waals surface area contributed by atoms with E-state index in [0.717, 1.165) is 83.6 Å². The maximum atomic E-state index is 14.9. The van der Waals surface area contributed by atoms with Gasteiger partial charge in [0.15, 0.2) is 0 Å². The number of nitrogens with zero attached hydrogens (tertiary/aromatic N) is 4. The SMILES string of the molecule is CC.O=c1[nH]c(CSC2CCOCC2)nc2cc(OCC3CCN(C4CCN(c5ccc([N+](=O)[O-])cc5)CC4)CC3)cc(F)c12. The molecule has 1 aromatic heterocycles. The van der Waals surface area contributed by atoms with Gasteiger partial charge in [-0.05, 0) is 69.7 Å². The van der Waals surface area contributed by atoms with E-state index in [2.05, 4.69) is 19.8 Å². The van der Waals surface area contributed by atoms with Crippen LogP contribution in [0.25, 0.3) is 10.9 Å². The van der Waals surface area contributed by atoms with Crippen LogP contribution in [-0.2, 0) is 10.5 Å². The summed E-state index contributed by atoms with van der Waals surface area (Å²) in [6.45, 7) is 9.91. The number of non-ortho nitro benzene ring substituents is 1. The summed E-state index contributed by atoms with van der Waals surface area (Å²) in [4.78, 5) is 35.4. The Labute approximate surface area is 267 Å². The van der Waals surface area contributed by atoms with Crippen LogP contribution in [0, 0.1) is 21.8 Å². The van der Waals surface area contributed by atoms with Gasteiger partial charge in [0, 0.05) is 67.5 Å². The van der Waals surface area contributed by atoms with Gasteiger partial charge < -0.3 is 24.3 Å². The van der Waals surface area contributed by atoms with Crippen molar-refractivity contribution in [3.8, 4) is 5.75 Å². The molecule has 45 heavy (non-hydrogen) atoms. The minimum atomic E-state index is -0.611. The van der Waals surface area contributed by atoms with Gasteiger partial charge in [0.1, 0.15) is 22.8 Å². The van der Waals surface area contributed by atoms with E-state index in [0.29, 0.717) is 46.7 Å². The number of rotatable bonds is 9. The number of anilines is 1. The second kappa shape index (κ2) is 15.9. The predicted molar refractivity (Wildman–Crippen MR) is 177 cm³/mol. The number of fused-ring (bicyclic) bond motifs is 1. The molecule has 12 heteroatoms. The van der Waals surface area contributed by atoms with Crippen LogP contribution in [0.4, 0.5) is 15.8 Å². The molecular weight excluding hydrogens is 597 g/mol. The Morgan fingerprint density at radius 1 is 1.04 bits per heavy atom. The van der Waals surface area contributed by atoms with E-state index in [9.17, 15) is 19.3 Å². The van der Waals surface area contributed by atoms with E-state index >= 15 is 0 Å². The molecule has 3 aliphatic heterocycles. The van der Waals surface area contributed by atoms with Crippen molar-refractivity contribution in [2.75, 3.05) is 50.9 Å². The van der Waals surface area contributed by atoms with Crippen LogP contribution in [0.2, 0.25) is 0 Å². The number of aromatic nitrogens is 2. The fourth-order valence-corrected chi connectivity index (χ4v) is 7.47. The largest absolute Gasteiger partial charge is 0.493 e. The van der Waals surface area contributed by atoms with Gasteiger partial charge in [0.05, 0.1) is 22.8 Å². The quantitative estimate of drug-likeness (QED) is 0.217. The average molecular weight is 642 g/mol. The number of aromatic amines is 1. The summed E-state index contributed by atoms with van der Waals surface area (Å²) in [6.07, 6.45) is 6.13. The van der Waals surface area contributed by atoms with Crippen LogP contribution in [0.1, 0.15) is 58.2 Å². The van der Waals surface area contributed by atoms with Crippen LogP contribution in [0.3, 0.4) is 0 Å². The highest BCUT2D eigenvalue weighted by Crippen LogP contribution is 2.29. The molecule has 0 aliphatic carbocycles. The van der Waals surface area contributed by atoms with E-state index in [4.69, 9.17) is 9.47 Å². The summed E-state index contributed by atoms with van der Waals surface area (Å²) in [5.74, 6) is 1.30. The van der Waals surface area contributed by atoms with Gasteiger partial charge in [-0.2, -0.15) is 11.8 Å². The lowest BCUT2D eigenvalue weighted by molar-refractivity contribution is -0.384. The van der Waals surface area contributed by atoms with Crippen LogP contribution >= 0.6 is 11.8 Å². The van der Waals surface area contributed by atoms with Gasteiger partial charge in [0.25, 0.3) is 11.2 Å². The van der Waals surface area contributed by atoms with Crippen molar-refractivity contribution in [1.82, 2.24) is 14.9 Å². The maximum absolute atomic E-state index is 14.9. The van der Waals surface area contributed by atoms with Crippen LogP contribution in [-0.4, -0.2) is 77.1 Å². The Bertz CT molecular complexity index is 1470. The van der Waals surface area contributed by atoms with Crippen molar-refractivity contribution in [3.63, 3.8) is 0 Å². The first kappa shape index (κ1) is 33.2. The van der Waals surface area contributed by atoms with Crippen molar-refractivity contribution in [2.24, 2.45) is 5.92 Å². The molecule has 0 atom stereocenters. The molecule has 0 saturated carbocycles. The second-order valence-electron chi connectivity index (χ2n) is 11.7. The molecule has 10 nitrogen and oxygen atoms in total. The van der Waals surface area contributed by atoms with Gasteiger partial charge >= 0.3 is 0 Å². The van der Waals surface area contributed by atoms with Gasteiger partial charge in [-0.3, -0.25) is 14.9 Å². The summed E-state index contributed by atoms with van der Waals surface area (Å²) in [7, 11) is 0. The van der Waals surface area contributed by atoms with Crippen molar-refractivity contribution in [1.29, 1.82) is 0 Å². The first-order valence-electron chi connectivity index (χ1n) is 16.2. The Kier molecular flexibility index (Phi) is 11.7. The highest BCUT2D eigenvalue weighted by Gasteiger charge is 2.29. The Hall–Kier alpha value is -3.22. The number of piperidine rings is 2. The third-order valence-electron chi connectivity index (χ3n) is 8.95. The van der Waals surface area contributed by atoms with Crippen LogP contribution in [0.5, 0.6) is 5.75 Å². The number of likely N-dealkylation sites (tertiary alicyclic amines) is 1. The minimum absolute atomic E-state index is 0.0277. The van der Waals surface area contributed by atoms with Crippen LogP contribution < -0.4 is 15.2 Å². The number of nitro benzene ring substituents is 1. The first-order valence-corrected chi connectivity index (χ1v) is 17.3. The Morgan fingerprint density at radius 2 is 1.73 bits per heavy atom. The van der Waals surface area contributed by atoms with Crippen molar-refractivity contribution >= 4 is 34.0 Å². The number of halogens is 1. The molecule has 2 aromatic carbocycles. The average Bonchev–Trinajstić information content (AvgIpc) is 3.08. The third kappa shape index (κ3) is 8.53. The monoisotopic (exact) mass is 641 g/mol. The molecule has 3 saturated heterocycles. The number of nitro groups is 1. The molecule has 3 aromatic rings. The molecule has 0 spiro atoms. The maximum Gasteiger partial charge on any atom is 0.269 e. The topological polar surface area (TPSA) is 114 Å². The van der Waals surface area contributed by atoms with Gasteiger partial charge in [-0.15, -0.1) is 0 Å². The summed E-state index contributed by atoms with van der Waals surface area (Å²) in [5.41, 5.74) is 1.03. The molecule has 0 unspecified atom stereocenters. The molecule has 4 heterocycles. The summed E-state index contributed by atoms with van der Waals surface area (Å²) >= 11 is 1.75. The number of thioether (sulfide) groups is 1. The normalized spacial score (nSPS) is 18.9. The molecule has 3 fully saturated rings. The number of hydrogen-bond donors (Lipinski definition) is 1. The number of H-pyrrole nitrogens is 1. The third-order valence-corrected chi connectivity index (χ3v) is 10.3. The highest BCUT2D eigenvalue weighted by molar-refractivity contribution is 7.99. The smallest absolute Gasteiger partial charge is 0.269 e. The standard InChI is InChI=1S/C31H38FN5O5S.C2H6/c32-27-17-25(18-28-30(27)31(38)34-29(33-28)20-43-26-9-15-41-16-10-26)42-19-21-5-11-35(12-6-21)23-7-13-36(14-8-23)22-1-3-24(4-2-22)37(39)40;1-2/h1-4,17-18,21,23,26H,5-16,19-20H2,(H,33,34,38);1-2H3. The van der Waals surface area contributed by atoms with E-state index in [1.54, 1.807) is 30.0 Å². The van der Waals surface area contributed by atoms with Crippen LogP contribution in [0.15, 0.2) is 41.2 Å². The Balaban J connectivity index is 0.00000196. The Morgan fingerprint density at radius 3 is 2.40 bits per heavy atom. The van der Waals surface area contributed by atoms with E-state index < -0.39 is 11.4 Å². The molecular formula is C33H44FN5O5S. The van der Waals surface area contributed by atoms with Crippen molar-refractivity contribution < 1.29 is 18.8 Å². The minimum Gasteiger partial charge on any atom is -0.493 e. The number of nitrogens with one attached hydrogen (secondary N) is 1. The molecule has 244 valence electrons. The number of benzene rings is 2. The lowest BCUT2D eigenvalue weighted by Gasteiger charge is -2.42. The van der Waals surface area contributed by atoms with E-state index in [-0.39, 0.29) is 16.0 Å². The lowest BCUT2D eigenvalue weighted by Crippen LogP contribution is -2.48. The van der Waals surface area contributed by atoms with Crippen molar-refractivity contribution in [3.05, 3.63) is 68.5 Å². The summed E-state index contributed by atoms with van der Waals surface area (Å²) in [6, 6.07) is 10.3. The number of ether oxygens (including phenoxy) is 2. The van der Waals surface area contributed by atoms with E-state index in [1.807, 2.05) is 26.0 Å². The highest BCUT2D eigenvalue weighted by atomic mass is 32.2. The number of hydrogen-bond acceptors (Lipinski definition) is 9. The molecule has 3 aliphatic rings. The molecule has 0 amide bonds. The zero-order valence-electron chi connectivity index (χ0n) is 26.2. The molecule has 6 rings (SSSR count). The second-order valence-corrected chi connectivity index (χ2v) is 13.0. The molecule has 0 bridgehead atoms. The fourth-order valence-electron chi connectivity index (χ4n) is 6.41. The van der Waals surface area contributed by atoms with Gasteiger partial charge in [-0.1, -0.05) is 13.8 Å². The van der Waals surface area contributed by atoms with Gasteiger partial charge in [-0.25, -0.2) is 9.37 Å². The fraction of sp³-hybridized carbons (Fsp3) is 0.576.